The zero-order valence-electron chi connectivity index (χ0n) is 23.7. The monoisotopic (exact) mass is 550 g/mol. The molecule has 1 saturated heterocycles. The van der Waals surface area contributed by atoms with Crippen molar-refractivity contribution in [2.24, 2.45) is 0 Å². The minimum Gasteiger partial charge on any atom is -0.497 e. The molecule has 1 fully saturated rings. The Labute approximate surface area is 234 Å². The van der Waals surface area contributed by atoms with Crippen molar-refractivity contribution in [3.8, 4) is 17.2 Å². The van der Waals surface area contributed by atoms with Gasteiger partial charge in [0, 0.05) is 44.8 Å². The number of hydrogen-bond acceptors (Lipinski definition) is 8. The van der Waals surface area contributed by atoms with E-state index in [1.165, 1.54) is 6.20 Å². The molecule has 3 aromatic rings. The van der Waals surface area contributed by atoms with Crippen molar-refractivity contribution < 1.29 is 23.7 Å². The van der Waals surface area contributed by atoms with Crippen LogP contribution in [0.5, 0.6) is 17.2 Å². The molecule has 2 aliphatic rings. The Balaban J connectivity index is 1.26. The number of benzene rings is 2. The smallest absolute Gasteiger partial charge is 0.410 e. The number of ether oxygens (including phenoxy) is 4. The Morgan fingerprint density at radius 1 is 1.05 bits per heavy atom. The lowest BCUT2D eigenvalue weighted by Gasteiger charge is -2.39. The molecule has 3 heterocycles. The van der Waals surface area contributed by atoms with Crippen LogP contribution in [-0.4, -0.2) is 77.0 Å². The molecule has 0 bridgehead atoms. The fourth-order valence-corrected chi connectivity index (χ4v) is 5.24. The van der Waals surface area contributed by atoms with Gasteiger partial charge >= 0.3 is 6.09 Å². The molecule has 2 aliphatic heterocycles. The first-order chi connectivity index (χ1) is 19.2. The first-order valence-electron chi connectivity index (χ1n) is 13.8. The van der Waals surface area contributed by atoms with Crippen molar-refractivity contribution in [2.45, 2.75) is 58.3 Å². The standard InChI is InChI=1S/C30H38N4O6/c1-30(2,3)40-29(36)34(20-21-5-8-26-27(17-21)39-16-15-38-26)22-9-11-32(12-10-22)13-14-33-25-18-23(37-4)6-7-24(25)31-19-28(33)35/h5-8,17-19,22H,9-16,20H2,1-4H3. The SMILES string of the molecule is COc1ccc2ncc(=O)n(CCN3CCC(N(Cc4ccc5c(c4)OCCO5)C(=O)OC(C)(C)C)CC3)c2c1. The summed E-state index contributed by atoms with van der Waals surface area (Å²) < 4.78 is 24.3. The normalized spacial score (nSPS) is 16.1. The van der Waals surface area contributed by atoms with Crippen molar-refractivity contribution in [3.05, 3.63) is 58.5 Å². The molecule has 0 N–H and O–H groups in total. The third-order valence-corrected chi connectivity index (χ3v) is 7.28. The zero-order valence-corrected chi connectivity index (χ0v) is 23.7. The number of carbonyl (C=O) groups is 1. The maximum absolute atomic E-state index is 13.3. The van der Waals surface area contributed by atoms with Gasteiger partial charge in [0.1, 0.15) is 24.6 Å². The topological polar surface area (TPSA) is 95.4 Å². The number of carbonyl (C=O) groups excluding carboxylic acids is 1. The van der Waals surface area contributed by atoms with E-state index in [2.05, 4.69) is 9.88 Å². The minimum absolute atomic E-state index is 0.0352. The Kier molecular flexibility index (Phi) is 8.16. The summed E-state index contributed by atoms with van der Waals surface area (Å²) in [6.45, 7) is 10.0. The Morgan fingerprint density at radius 2 is 1.80 bits per heavy atom. The van der Waals surface area contributed by atoms with Gasteiger partial charge in [0.2, 0.25) is 0 Å². The average Bonchev–Trinajstić information content (AvgIpc) is 2.94. The van der Waals surface area contributed by atoms with Crippen LogP contribution in [0, 0.1) is 0 Å². The Bertz CT molecular complexity index is 1410. The number of nitrogens with zero attached hydrogens (tertiary/aromatic N) is 4. The van der Waals surface area contributed by atoms with E-state index in [0.29, 0.717) is 37.8 Å². The van der Waals surface area contributed by atoms with Gasteiger partial charge in [0.15, 0.2) is 11.5 Å². The summed E-state index contributed by atoms with van der Waals surface area (Å²) >= 11 is 0. The van der Waals surface area contributed by atoms with E-state index in [9.17, 15) is 9.59 Å². The summed E-state index contributed by atoms with van der Waals surface area (Å²) in [4.78, 5) is 34.5. The number of rotatable bonds is 7. The van der Waals surface area contributed by atoms with Crippen LogP contribution >= 0.6 is 0 Å². The number of hydrogen-bond donors (Lipinski definition) is 0. The van der Waals surface area contributed by atoms with Crippen LogP contribution in [0.3, 0.4) is 0 Å². The van der Waals surface area contributed by atoms with Crippen LogP contribution < -0.4 is 19.8 Å². The molecule has 1 amide bonds. The lowest BCUT2D eigenvalue weighted by atomic mass is 10.0. The molecule has 0 unspecified atom stereocenters. The average molecular weight is 551 g/mol. The number of aromatic nitrogens is 2. The molecule has 10 heteroatoms. The van der Waals surface area contributed by atoms with Gasteiger partial charge in [0.05, 0.1) is 24.3 Å². The van der Waals surface area contributed by atoms with Gasteiger partial charge in [-0.2, -0.15) is 0 Å². The number of fused-ring (bicyclic) bond motifs is 2. The Hall–Kier alpha value is -3.79. The van der Waals surface area contributed by atoms with Crippen molar-refractivity contribution in [3.63, 3.8) is 0 Å². The van der Waals surface area contributed by atoms with E-state index in [0.717, 1.165) is 54.8 Å². The van der Waals surface area contributed by atoms with E-state index in [1.807, 2.05) is 62.1 Å². The number of amides is 1. The molecule has 10 nitrogen and oxygen atoms in total. The Morgan fingerprint density at radius 3 is 2.52 bits per heavy atom. The van der Waals surface area contributed by atoms with Crippen LogP contribution in [-0.2, 0) is 17.8 Å². The third-order valence-electron chi connectivity index (χ3n) is 7.28. The van der Waals surface area contributed by atoms with Crippen LogP contribution in [0.2, 0.25) is 0 Å². The molecule has 214 valence electrons. The minimum atomic E-state index is -0.591. The predicted octanol–water partition coefficient (Wildman–Crippen LogP) is 4.08. The second-order valence-electron chi connectivity index (χ2n) is 11.3. The lowest BCUT2D eigenvalue weighted by molar-refractivity contribution is 0.00562. The molecule has 1 aromatic heterocycles. The summed E-state index contributed by atoms with van der Waals surface area (Å²) in [6.07, 6.45) is 2.68. The first-order valence-corrected chi connectivity index (χ1v) is 13.8. The fraction of sp³-hybridized carbons (Fsp3) is 0.500. The quantitative estimate of drug-likeness (QED) is 0.434. The third kappa shape index (κ3) is 6.50. The molecule has 0 saturated carbocycles. The lowest BCUT2D eigenvalue weighted by Crippen LogP contribution is -2.49. The molecule has 0 aliphatic carbocycles. The van der Waals surface area contributed by atoms with Crippen molar-refractivity contribution in [1.29, 1.82) is 0 Å². The second-order valence-corrected chi connectivity index (χ2v) is 11.3. The van der Waals surface area contributed by atoms with Gasteiger partial charge in [-0.05, 0) is 63.4 Å². The molecule has 0 atom stereocenters. The van der Waals surface area contributed by atoms with Crippen LogP contribution in [0.4, 0.5) is 4.79 Å². The van der Waals surface area contributed by atoms with Gasteiger partial charge in [-0.3, -0.25) is 4.79 Å². The highest BCUT2D eigenvalue weighted by Gasteiger charge is 2.31. The van der Waals surface area contributed by atoms with E-state index < -0.39 is 5.60 Å². The maximum Gasteiger partial charge on any atom is 0.410 e. The number of likely N-dealkylation sites (tertiary alicyclic amines) is 1. The fourth-order valence-electron chi connectivity index (χ4n) is 5.24. The van der Waals surface area contributed by atoms with E-state index >= 15 is 0 Å². The van der Waals surface area contributed by atoms with Crippen molar-refractivity contribution in [1.82, 2.24) is 19.4 Å². The summed E-state index contributed by atoms with van der Waals surface area (Å²) in [7, 11) is 1.61. The number of piperidine rings is 1. The van der Waals surface area contributed by atoms with Crippen LogP contribution in [0.1, 0.15) is 39.2 Å². The summed E-state index contributed by atoms with van der Waals surface area (Å²) in [6, 6.07) is 11.4. The molecule has 0 radical (unpaired) electrons. The molecule has 40 heavy (non-hydrogen) atoms. The van der Waals surface area contributed by atoms with Gasteiger partial charge in [0.25, 0.3) is 5.56 Å². The van der Waals surface area contributed by atoms with E-state index in [-0.39, 0.29) is 17.7 Å². The second kappa shape index (κ2) is 11.8. The molecule has 5 rings (SSSR count). The largest absolute Gasteiger partial charge is 0.497 e. The molecule has 0 spiro atoms. The van der Waals surface area contributed by atoms with Gasteiger partial charge < -0.3 is 33.3 Å². The summed E-state index contributed by atoms with van der Waals surface area (Å²) in [5.74, 6) is 2.13. The van der Waals surface area contributed by atoms with Gasteiger partial charge in [-0.1, -0.05) is 6.07 Å². The van der Waals surface area contributed by atoms with Crippen LogP contribution in [0.25, 0.3) is 11.0 Å². The zero-order chi connectivity index (χ0) is 28.3. The van der Waals surface area contributed by atoms with Crippen LogP contribution in [0.15, 0.2) is 47.4 Å². The first kappa shape index (κ1) is 27.8. The van der Waals surface area contributed by atoms with Crippen molar-refractivity contribution >= 4 is 17.1 Å². The summed E-state index contributed by atoms with van der Waals surface area (Å²) in [5.41, 5.74) is 1.76. The molecular weight excluding hydrogens is 512 g/mol. The summed E-state index contributed by atoms with van der Waals surface area (Å²) in [5, 5.41) is 0. The highest BCUT2D eigenvalue weighted by atomic mass is 16.6. The van der Waals surface area contributed by atoms with Gasteiger partial charge in [-0.15, -0.1) is 0 Å². The molecule has 2 aromatic carbocycles. The maximum atomic E-state index is 13.3. The number of methoxy groups -OCH3 is 1. The van der Waals surface area contributed by atoms with E-state index in [1.54, 1.807) is 11.7 Å². The van der Waals surface area contributed by atoms with E-state index in [4.69, 9.17) is 18.9 Å². The van der Waals surface area contributed by atoms with Gasteiger partial charge in [-0.25, -0.2) is 9.78 Å². The highest BCUT2D eigenvalue weighted by Crippen LogP contribution is 2.32. The predicted molar refractivity (Wildman–Crippen MR) is 151 cm³/mol. The molecular formula is C30H38N4O6. The highest BCUT2D eigenvalue weighted by molar-refractivity contribution is 5.76. The van der Waals surface area contributed by atoms with Crippen molar-refractivity contribution in [2.75, 3.05) is 40.0 Å².